The zero-order chi connectivity index (χ0) is 11.7. The van der Waals surface area contributed by atoms with E-state index in [1.807, 2.05) is 0 Å². The van der Waals surface area contributed by atoms with Crippen molar-refractivity contribution < 1.29 is 18.7 Å². The molecule has 0 saturated heterocycles. The Morgan fingerprint density at radius 1 is 1.25 bits per heavy atom. The van der Waals surface area contributed by atoms with Crippen LogP contribution in [0.15, 0.2) is 23.8 Å². The summed E-state index contributed by atoms with van der Waals surface area (Å²) < 4.78 is 25.7. The first-order chi connectivity index (χ1) is 7.54. The van der Waals surface area contributed by atoms with Gasteiger partial charge in [0.15, 0.2) is 0 Å². The van der Waals surface area contributed by atoms with E-state index in [-0.39, 0.29) is 5.92 Å². The highest BCUT2D eigenvalue weighted by molar-refractivity contribution is 5.74. The first-order valence-electron chi connectivity index (χ1n) is 4.93. The fourth-order valence-electron chi connectivity index (χ4n) is 1.76. The van der Waals surface area contributed by atoms with Crippen molar-refractivity contribution in [2.24, 2.45) is 5.92 Å². The summed E-state index contributed by atoms with van der Waals surface area (Å²) >= 11 is 0. The summed E-state index contributed by atoms with van der Waals surface area (Å²) in [6.07, 6.45) is 2.58. The summed E-state index contributed by atoms with van der Waals surface area (Å²) in [4.78, 5) is 10.5. The Hall–Kier alpha value is -1.71. The minimum atomic E-state index is -0.817. The Morgan fingerprint density at radius 2 is 1.81 bits per heavy atom. The maximum atomic E-state index is 12.8. The molecule has 0 radical (unpaired) electrons. The van der Waals surface area contributed by atoms with Gasteiger partial charge < -0.3 is 5.11 Å². The van der Waals surface area contributed by atoms with Crippen LogP contribution in [0, 0.1) is 17.6 Å². The van der Waals surface area contributed by atoms with Crippen molar-refractivity contribution in [3.05, 3.63) is 41.0 Å². The van der Waals surface area contributed by atoms with Gasteiger partial charge in [-0.05, 0) is 30.5 Å². The molecule has 0 spiro atoms. The Kier molecular flexibility index (Phi) is 2.73. The number of rotatable bonds is 2. The summed E-state index contributed by atoms with van der Waals surface area (Å²) in [6, 6.07) is 3.26. The van der Waals surface area contributed by atoms with E-state index < -0.39 is 17.6 Å². The molecule has 84 valence electrons. The SMILES string of the molecule is O=C(O)C1CC(=Cc2cc(F)cc(F)c2)C1. The highest BCUT2D eigenvalue weighted by Crippen LogP contribution is 2.34. The van der Waals surface area contributed by atoms with Crippen LogP contribution >= 0.6 is 0 Å². The number of halogens is 2. The van der Waals surface area contributed by atoms with Gasteiger partial charge >= 0.3 is 5.97 Å². The smallest absolute Gasteiger partial charge is 0.307 e. The highest BCUT2D eigenvalue weighted by Gasteiger charge is 2.29. The van der Waals surface area contributed by atoms with Crippen LogP contribution in [0.1, 0.15) is 18.4 Å². The number of allylic oxidation sites excluding steroid dienone is 1. The molecule has 4 heteroatoms. The third-order valence-corrected chi connectivity index (χ3v) is 2.62. The molecular formula is C12H10F2O2. The van der Waals surface area contributed by atoms with Gasteiger partial charge in [0.1, 0.15) is 11.6 Å². The molecule has 0 aliphatic heterocycles. The van der Waals surface area contributed by atoms with E-state index in [4.69, 9.17) is 5.11 Å². The molecule has 2 nitrogen and oxygen atoms in total. The van der Waals surface area contributed by atoms with Crippen molar-refractivity contribution in [3.63, 3.8) is 0 Å². The van der Waals surface area contributed by atoms with Gasteiger partial charge in [0.2, 0.25) is 0 Å². The zero-order valence-electron chi connectivity index (χ0n) is 8.41. The fraction of sp³-hybridized carbons (Fsp3) is 0.250. The quantitative estimate of drug-likeness (QED) is 0.838. The van der Waals surface area contributed by atoms with E-state index in [1.165, 1.54) is 12.1 Å². The van der Waals surface area contributed by atoms with Crippen LogP contribution in [0.5, 0.6) is 0 Å². The number of carbonyl (C=O) groups is 1. The number of carboxylic acids is 1. The molecule has 0 amide bonds. The maximum Gasteiger partial charge on any atom is 0.307 e. The van der Waals surface area contributed by atoms with Crippen LogP contribution in [0.3, 0.4) is 0 Å². The average Bonchev–Trinajstić information content (AvgIpc) is 2.08. The molecule has 1 aromatic rings. The lowest BCUT2D eigenvalue weighted by atomic mass is 9.79. The zero-order valence-corrected chi connectivity index (χ0v) is 8.41. The third-order valence-electron chi connectivity index (χ3n) is 2.62. The normalized spacial score (nSPS) is 19.1. The van der Waals surface area contributed by atoms with Crippen LogP contribution in [0.4, 0.5) is 8.78 Å². The third kappa shape index (κ3) is 2.27. The van der Waals surface area contributed by atoms with E-state index in [1.54, 1.807) is 6.08 Å². The van der Waals surface area contributed by atoms with E-state index >= 15 is 0 Å². The summed E-state index contributed by atoms with van der Waals surface area (Å²) in [6.45, 7) is 0. The molecule has 2 rings (SSSR count). The molecule has 1 saturated carbocycles. The Labute approximate surface area is 91.2 Å². The number of hydrogen-bond donors (Lipinski definition) is 1. The number of benzene rings is 1. The average molecular weight is 224 g/mol. The van der Waals surface area contributed by atoms with Crippen molar-refractivity contribution in [1.82, 2.24) is 0 Å². The molecule has 0 aromatic heterocycles. The molecule has 1 N–H and O–H groups in total. The standard InChI is InChI=1S/C12H10F2O2/c13-10-4-8(5-11(14)6-10)1-7-2-9(3-7)12(15)16/h1,4-6,9H,2-3H2,(H,15,16). The number of hydrogen-bond acceptors (Lipinski definition) is 1. The molecule has 1 aliphatic carbocycles. The van der Waals surface area contributed by atoms with E-state index in [2.05, 4.69) is 0 Å². The summed E-state index contributed by atoms with van der Waals surface area (Å²) in [5, 5.41) is 8.66. The molecule has 0 bridgehead atoms. The molecular weight excluding hydrogens is 214 g/mol. The summed E-state index contributed by atoms with van der Waals surface area (Å²) in [5.74, 6) is -2.41. The van der Waals surface area contributed by atoms with Crippen LogP contribution in [-0.2, 0) is 4.79 Å². The van der Waals surface area contributed by atoms with Gasteiger partial charge in [0.25, 0.3) is 0 Å². The van der Waals surface area contributed by atoms with Crippen LogP contribution < -0.4 is 0 Å². The minimum absolute atomic E-state index is 0.343. The molecule has 0 atom stereocenters. The Bertz CT molecular complexity index is 438. The van der Waals surface area contributed by atoms with E-state index in [9.17, 15) is 13.6 Å². The van der Waals surface area contributed by atoms with Gasteiger partial charge in [-0.1, -0.05) is 11.6 Å². The number of aliphatic carboxylic acids is 1. The second-order valence-corrected chi connectivity index (χ2v) is 3.95. The van der Waals surface area contributed by atoms with Crippen molar-refractivity contribution in [2.75, 3.05) is 0 Å². The van der Waals surface area contributed by atoms with Crippen molar-refractivity contribution in [3.8, 4) is 0 Å². The predicted octanol–water partition coefficient (Wildman–Crippen LogP) is 2.84. The largest absolute Gasteiger partial charge is 0.481 e. The highest BCUT2D eigenvalue weighted by atomic mass is 19.1. The molecule has 1 aromatic carbocycles. The van der Waals surface area contributed by atoms with Gasteiger partial charge in [0, 0.05) is 6.07 Å². The summed E-state index contributed by atoms with van der Waals surface area (Å²) in [7, 11) is 0. The van der Waals surface area contributed by atoms with Gasteiger partial charge in [-0.25, -0.2) is 8.78 Å². The van der Waals surface area contributed by atoms with Gasteiger partial charge in [-0.15, -0.1) is 0 Å². The first kappa shape index (κ1) is 10.8. The molecule has 1 fully saturated rings. The molecule has 16 heavy (non-hydrogen) atoms. The lowest BCUT2D eigenvalue weighted by Gasteiger charge is -2.25. The molecule has 1 aliphatic rings. The lowest BCUT2D eigenvalue weighted by Crippen LogP contribution is -2.23. The second-order valence-electron chi connectivity index (χ2n) is 3.95. The van der Waals surface area contributed by atoms with Crippen LogP contribution in [0.25, 0.3) is 6.08 Å². The van der Waals surface area contributed by atoms with Gasteiger partial charge in [0.05, 0.1) is 5.92 Å². The monoisotopic (exact) mass is 224 g/mol. The molecule has 0 unspecified atom stereocenters. The minimum Gasteiger partial charge on any atom is -0.481 e. The number of carboxylic acid groups (broad SMARTS) is 1. The van der Waals surface area contributed by atoms with Gasteiger partial charge in [-0.3, -0.25) is 4.79 Å². The van der Waals surface area contributed by atoms with Crippen molar-refractivity contribution >= 4 is 12.0 Å². The van der Waals surface area contributed by atoms with Gasteiger partial charge in [-0.2, -0.15) is 0 Å². The van der Waals surface area contributed by atoms with Crippen molar-refractivity contribution in [2.45, 2.75) is 12.8 Å². The van der Waals surface area contributed by atoms with Crippen LogP contribution in [0.2, 0.25) is 0 Å². The summed E-state index contributed by atoms with van der Waals surface area (Å²) in [5.41, 5.74) is 1.36. The lowest BCUT2D eigenvalue weighted by molar-refractivity contribution is -0.143. The second kappa shape index (κ2) is 4.04. The van der Waals surface area contributed by atoms with E-state index in [0.717, 1.165) is 11.6 Å². The van der Waals surface area contributed by atoms with Crippen molar-refractivity contribution in [1.29, 1.82) is 0 Å². The fourth-order valence-corrected chi connectivity index (χ4v) is 1.76. The topological polar surface area (TPSA) is 37.3 Å². The Balaban J connectivity index is 2.10. The maximum absolute atomic E-state index is 12.8. The van der Waals surface area contributed by atoms with Crippen LogP contribution in [-0.4, -0.2) is 11.1 Å². The first-order valence-corrected chi connectivity index (χ1v) is 4.93. The Morgan fingerprint density at radius 3 is 2.31 bits per heavy atom. The predicted molar refractivity (Wildman–Crippen MR) is 54.7 cm³/mol. The molecule has 0 heterocycles. The van der Waals surface area contributed by atoms with E-state index in [0.29, 0.717) is 18.4 Å².